The molecule has 0 fully saturated rings. The van der Waals surface area contributed by atoms with Gasteiger partial charge in [-0.05, 0) is 11.5 Å². The van der Waals surface area contributed by atoms with E-state index < -0.39 is 12.1 Å². The van der Waals surface area contributed by atoms with Crippen molar-refractivity contribution in [3.05, 3.63) is 47.2 Å². The number of aromatic nitrogens is 2. The maximum absolute atomic E-state index is 12.9. The summed E-state index contributed by atoms with van der Waals surface area (Å²) in [7, 11) is 0. The summed E-state index contributed by atoms with van der Waals surface area (Å²) in [6.07, 6.45) is -0.374. The second kappa shape index (κ2) is 9.24. The summed E-state index contributed by atoms with van der Waals surface area (Å²) >= 11 is 0. The zero-order chi connectivity index (χ0) is 20.5. The largest absolute Gasteiger partial charge is 1.00 e. The first kappa shape index (κ1) is 23.3. The number of hydrogen-bond acceptors (Lipinski definition) is 5. The average Bonchev–Trinajstić information content (AvgIpc) is 3.15. The van der Waals surface area contributed by atoms with Gasteiger partial charge >= 0.3 is 0 Å². The zero-order valence-electron chi connectivity index (χ0n) is 17.6. The fourth-order valence-corrected chi connectivity index (χ4v) is 3.44. The Morgan fingerprint density at radius 1 is 1.24 bits per heavy atom. The molecule has 1 aliphatic rings. The number of fused-ring (bicyclic) bond motifs is 1. The Bertz CT molecular complexity index is 831. The predicted molar refractivity (Wildman–Crippen MR) is 104 cm³/mol. The third-order valence-corrected chi connectivity index (χ3v) is 5.22. The van der Waals surface area contributed by atoms with Crippen LogP contribution in [0.15, 0.2) is 28.7 Å². The molecule has 0 radical (unpaired) electrons. The van der Waals surface area contributed by atoms with Crippen LogP contribution in [0.5, 0.6) is 0 Å². The predicted octanol–water partition coefficient (Wildman–Crippen LogP) is -1.77. The van der Waals surface area contributed by atoms with Gasteiger partial charge in [-0.2, -0.15) is 0 Å². The van der Waals surface area contributed by atoms with Crippen LogP contribution in [0.2, 0.25) is 0 Å². The molecule has 0 saturated heterocycles. The Balaban J connectivity index is 0.00000300. The van der Waals surface area contributed by atoms with Crippen LogP contribution in [0.4, 0.5) is 0 Å². The van der Waals surface area contributed by atoms with Crippen molar-refractivity contribution in [1.29, 1.82) is 0 Å². The van der Waals surface area contributed by atoms with Gasteiger partial charge in [-0.1, -0.05) is 58.9 Å². The average molecular weight is 423 g/mol. The minimum absolute atomic E-state index is 0. The smallest absolute Gasteiger partial charge is 0.278 e. The van der Waals surface area contributed by atoms with Crippen molar-refractivity contribution in [1.82, 2.24) is 15.5 Å². The molecule has 29 heavy (non-hydrogen) atoms. The summed E-state index contributed by atoms with van der Waals surface area (Å²) in [4.78, 5) is 12.9. The lowest BCUT2D eigenvalue weighted by Gasteiger charge is -2.28. The van der Waals surface area contributed by atoms with E-state index in [2.05, 4.69) is 27.6 Å². The molecule has 7 nitrogen and oxygen atoms in total. The number of hydrogen-bond donors (Lipinski definition) is 3. The highest BCUT2D eigenvalue weighted by molar-refractivity contribution is 5.81. The van der Waals surface area contributed by atoms with Gasteiger partial charge in [0.05, 0.1) is 6.04 Å². The quantitative estimate of drug-likeness (QED) is 0.529. The van der Waals surface area contributed by atoms with Crippen molar-refractivity contribution < 1.29 is 32.0 Å². The first-order valence-corrected chi connectivity index (χ1v) is 9.89. The summed E-state index contributed by atoms with van der Waals surface area (Å²) in [6, 6.07) is 7.48. The van der Waals surface area contributed by atoms with Crippen molar-refractivity contribution in [3.8, 4) is 0 Å². The van der Waals surface area contributed by atoms with E-state index in [4.69, 9.17) is 4.42 Å². The molecule has 1 unspecified atom stereocenters. The van der Waals surface area contributed by atoms with Gasteiger partial charge in [-0.15, -0.1) is 10.2 Å². The first-order valence-electron chi connectivity index (χ1n) is 9.89. The monoisotopic (exact) mass is 422 g/mol. The van der Waals surface area contributed by atoms with Crippen LogP contribution < -0.4 is 23.0 Å². The van der Waals surface area contributed by atoms with Gasteiger partial charge < -0.3 is 32.6 Å². The van der Waals surface area contributed by atoms with E-state index in [0.29, 0.717) is 12.3 Å². The van der Waals surface area contributed by atoms with Gasteiger partial charge in [0.1, 0.15) is 6.54 Å². The molecule has 3 atom stereocenters. The molecule has 160 valence electrons. The Hall–Kier alpha value is -1.96. The lowest BCUT2D eigenvalue weighted by atomic mass is 9.94. The third kappa shape index (κ3) is 5.35. The topological polar surface area (TPSA) is 105 Å². The Morgan fingerprint density at radius 3 is 2.48 bits per heavy atom. The van der Waals surface area contributed by atoms with Gasteiger partial charge in [0.25, 0.3) is 5.91 Å². The summed E-state index contributed by atoms with van der Waals surface area (Å²) in [5, 5.41) is 23.9. The van der Waals surface area contributed by atoms with Crippen LogP contribution in [-0.4, -0.2) is 33.3 Å². The second-order valence-electron chi connectivity index (χ2n) is 8.94. The highest BCUT2D eigenvalue weighted by Gasteiger charge is 2.35. The number of nitrogens with one attached hydrogen (secondary N) is 1. The van der Waals surface area contributed by atoms with Crippen LogP contribution in [0, 0.1) is 5.92 Å². The molecule has 1 amide bonds. The Kier molecular flexibility index (Phi) is 7.43. The number of nitrogens with two attached hydrogens (primary N) is 1. The zero-order valence-corrected chi connectivity index (χ0v) is 18.4. The molecule has 8 heteroatoms. The van der Waals surface area contributed by atoms with Crippen molar-refractivity contribution in [2.75, 3.05) is 0 Å². The van der Waals surface area contributed by atoms with Crippen LogP contribution >= 0.6 is 0 Å². The summed E-state index contributed by atoms with van der Waals surface area (Å²) < 4.78 is 5.68. The van der Waals surface area contributed by atoms with E-state index in [-0.39, 0.29) is 41.6 Å². The normalized spacial score (nSPS) is 18.5. The van der Waals surface area contributed by atoms with E-state index in [1.165, 1.54) is 11.1 Å². The van der Waals surface area contributed by atoms with Crippen molar-refractivity contribution in [2.24, 2.45) is 5.92 Å². The van der Waals surface area contributed by atoms with E-state index in [0.717, 1.165) is 6.54 Å². The molecule has 1 aromatic heterocycles. The van der Waals surface area contributed by atoms with Gasteiger partial charge in [0.2, 0.25) is 11.8 Å². The van der Waals surface area contributed by atoms with Crippen LogP contribution in [0.3, 0.4) is 0 Å². The van der Waals surface area contributed by atoms with Gasteiger partial charge in [0, 0.05) is 17.4 Å². The van der Waals surface area contributed by atoms with Gasteiger partial charge in [-0.25, -0.2) is 0 Å². The van der Waals surface area contributed by atoms with Gasteiger partial charge in [-0.3, -0.25) is 4.79 Å². The highest BCUT2D eigenvalue weighted by atomic mass is 35.5. The number of aliphatic hydroxyl groups excluding tert-OH is 1. The number of rotatable bonds is 5. The molecule has 0 aliphatic carbocycles. The number of amides is 1. The molecular weight excluding hydrogens is 392 g/mol. The molecule has 3 rings (SSSR count). The van der Waals surface area contributed by atoms with Crippen LogP contribution in [0.1, 0.15) is 63.6 Å². The Morgan fingerprint density at radius 2 is 1.90 bits per heavy atom. The summed E-state index contributed by atoms with van der Waals surface area (Å²) in [6.45, 7) is 10.6. The number of aliphatic hydroxyl groups is 1. The van der Waals surface area contributed by atoms with E-state index in [1.54, 1.807) is 0 Å². The number of halogens is 1. The standard InChI is InChI=1S/C21H30N4O3.ClH/c1-12(2)16(17(26)19-24-25-20(28-19)21(3,4)5)23-18(27)15-10-13-8-6-7-9-14(13)11-22-15;/h6-9,12,15-17,22,26H,10-11H2,1-5H3,(H,23,27);1H/t15-,16-,17?;/m0./s1. The van der Waals surface area contributed by atoms with E-state index >= 15 is 0 Å². The lowest BCUT2D eigenvalue weighted by Crippen LogP contribution is -3.00. The number of benzene rings is 1. The SMILES string of the molecule is CC(C)[C@H](NC(=O)[C@@H]1Cc2ccccc2C[NH2+]1)C(O)c1nnc(C(C)(C)C)o1.[Cl-]. The first-order chi connectivity index (χ1) is 13.2. The maximum Gasteiger partial charge on any atom is 0.278 e. The minimum atomic E-state index is -1.05. The van der Waals surface area contributed by atoms with Gasteiger partial charge in [0.15, 0.2) is 12.1 Å². The van der Waals surface area contributed by atoms with Crippen molar-refractivity contribution >= 4 is 5.91 Å². The summed E-state index contributed by atoms with van der Waals surface area (Å²) in [5.74, 6) is 0.525. The van der Waals surface area contributed by atoms with Crippen LogP contribution in [-0.2, 0) is 23.2 Å². The second-order valence-corrected chi connectivity index (χ2v) is 8.94. The Labute approximate surface area is 178 Å². The molecule has 2 aromatic rings. The number of carbonyl (C=O) groups is 1. The lowest BCUT2D eigenvalue weighted by molar-refractivity contribution is -0.695. The third-order valence-electron chi connectivity index (χ3n) is 5.22. The number of carbonyl (C=O) groups excluding carboxylic acids is 1. The molecule has 1 aromatic carbocycles. The van der Waals surface area contributed by atoms with Crippen molar-refractivity contribution in [3.63, 3.8) is 0 Å². The molecule has 0 spiro atoms. The number of quaternary nitrogens is 1. The molecule has 1 aliphatic heterocycles. The fraction of sp³-hybridized carbons (Fsp3) is 0.571. The van der Waals surface area contributed by atoms with E-state index in [9.17, 15) is 9.90 Å². The molecule has 0 bridgehead atoms. The highest BCUT2D eigenvalue weighted by Crippen LogP contribution is 2.26. The fourth-order valence-electron chi connectivity index (χ4n) is 3.44. The minimum Gasteiger partial charge on any atom is -1.00 e. The van der Waals surface area contributed by atoms with E-state index in [1.807, 2.05) is 52.1 Å². The van der Waals surface area contributed by atoms with Crippen molar-refractivity contribution in [2.45, 2.75) is 71.2 Å². The molecule has 0 saturated carbocycles. The number of nitrogens with zero attached hydrogens (tertiary/aromatic N) is 2. The maximum atomic E-state index is 12.9. The summed E-state index contributed by atoms with van der Waals surface area (Å²) in [5.41, 5.74) is 2.18. The molecule has 2 heterocycles. The van der Waals surface area contributed by atoms with Crippen LogP contribution in [0.25, 0.3) is 0 Å². The molecular formula is C21H31ClN4O3. The molecule has 4 N–H and O–H groups in total.